The summed E-state index contributed by atoms with van der Waals surface area (Å²) in [4.78, 5) is -0.537. The minimum Gasteiger partial charge on any atom is -0.326 e. The van der Waals surface area contributed by atoms with E-state index < -0.39 is 26.6 Å². The third kappa shape index (κ3) is 2.42. The predicted molar refractivity (Wildman–Crippen MR) is 65.4 cm³/mol. The van der Waals surface area contributed by atoms with Gasteiger partial charge in [0.1, 0.15) is 16.5 Å². The summed E-state index contributed by atoms with van der Waals surface area (Å²) >= 11 is 2.84. The second kappa shape index (κ2) is 4.84. The first kappa shape index (κ1) is 13.9. The minimum absolute atomic E-state index is 0.0917. The number of benzene rings is 1. The van der Waals surface area contributed by atoms with Gasteiger partial charge in [-0.3, -0.25) is 0 Å². The summed E-state index contributed by atoms with van der Waals surface area (Å²) in [7, 11) is -3.96. The molecule has 0 saturated carbocycles. The van der Waals surface area contributed by atoms with Gasteiger partial charge in [0.05, 0.1) is 4.47 Å². The Hall–Kier alpha value is -0.570. The number of nitrogens with zero attached hydrogens (tertiary/aromatic N) is 1. The Morgan fingerprint density at radius 1 is 1.33 bits per heavy atom. The zero-order chi connectivity index (χ0) is 13.5. The van der Waals surface area contributed by atoms with Crippen molar-refractivity contribution in [3.05, 3.63) is 28.2 Å². The van der Waals surface area contributed by atoms with Crippen molar-refractivity contribution >= 4 is 26.0 Å². The van der Waals surface area contributed by atoms with E-state index in [1.54, 1.807) is 0 Å². The molecule has 1 aromatic rings. The summed E-state index contributed by atoms with van der Waals surface area (Å²) in [5, 5.41) is 0. The van der Waals surface area contributed by atoms with E-state index in [2.05, 4.69) is 15.9 Å². The molecule has 1 saturated heterocycles. The molecule has 8 heteroatoms. The summed E-state index contributed by atoms with van der Waals surface area (Å²) < 4.78 is 52.0. The van der Waals surface area contributed by atoms with E-state index in [0.29, 0.717) is 12.5 Å². The van der Waals surface area contributed by atoms with E-state index in [4.69, 9.17) is 5.73 Å². The van der Waals surface area contributed by atoms with Crippen LogP contribution in [-0.2, 0) is 10.0 Å². The molecule has 1 aliphatic heterocycles. The molecule has 1 fully saturated rings. The molecule has 1 atom stereocenters. The number of hydrogen-bond acceptors (Lipinski definition) is 3. The molecule has 0 spiro atoms. The summed E-state index contributed by atoms with van der Waals surface area (Å²) in [5.74, 6) is -1.94. The van der Waals surface area contributed by atoms with Crippen LogP contribution >= 0.6 is 15.9 Å². The number of sulfonamides is 1. The Labute approximate surface area is 112 Å². The maximum atomic E-state index is 13.6. The Bertz CT molecular complexity index is 579. The van der Waals surface area contributed by atoms with E-state index in [1.807, 2.05) is 0 Å². The van der Waals surface area contributed by atoms with Crippen LogP contribution in [0.25, 0.3) is 0 Å². The molecule has 18 heavy (non-hydrogen) atoms. The summed E-state index contributed by atoms with van der Waals surface area (Å²) in [6, 6.07) is 1.24. The smallest absolute Gasteiger partial charge is 0.246 e. The van der Waals surface area contributed by atoms with Crippen molar-refractivity contribution in [3.63, 3.8) is 0 Å². The van der Waals surface area contributed by atoms with Gasteiger partial charge in [-0.15, -0.1) is 0 Å². The van der Waals surface area contributed by atoms with Gasteiger partial charge in [-0.1, -0.05) is 0 Å². The highest BCUT2D eigenvalue weighted by atomic mass is 79.9. The average Bonchev–Trinajstić information content (AvgIpc) is 2.70. The van der Waals surface area contributed by atoms with Crippen LogP contribution in [0.15, 0.2) is 21.5 Å². The first-order valence-corrected chi connectivity index (χ1v) is 7.46. The third-order valence-electron chi connectivity index (χ3n) is 2.78. The van der Waals surface area contributed by atoms with Crippen molar-refractivity contribution in [1.29, 1.82) is 0 Å². The Kier molecular flexibility index (Phi) is 3.72. The molecule has 0 radical (unpaired) electrons. The van der Waals surface area contributed by atoms with Crippen molar-refractivity contribution < 1.29 is 17.2 Å². The monoisotopic (exact) mass is 340 g/mol. The van der Waals surface area contributed by atoms with Gasteiger partial charge in [-0.2, -0.15) is 4.31 Å². The highest BCUT2D eigenvalue weighted by Crippen LogP contribution is 2.27. The van der Waals surface area contributed by atoms with Crippen molar-refractivity contribution in [3.8, 4) is 0 Å². The molecule has 2 N–H and O–H groups in total. The Balaban J connectivity index is 2.45. The average molecular weight is 341 g/mol. The van der Waals surface area contributed by atoms with Gasteiger partial charge in [0.25, 0.3) is 0 Å². The zero-order valence-electron chi connectivity index (χ0n) is 9.24. The molecule has 0 unspecified atom stereocenters. The number of halogens is 3. The van der Waals surface area contributed by atoms with Crippen LogP contribution in [0, 0.1) is 11.6 Å². The second-order valence-electron chi connectivity index (χ2n) is 4.11. The van der Waals surface area contributed by atoms with Crippen molar-refractivity contribution in [2.45, 2.75) is 17.4 Å². The van der Waals surface area contributed by atoms with Crippen molar-refractivity contribution in [2.24, 2.45) is 5.73 Å². The lowest BCUT2D eigenvalue weighted by molar-refractivity contribution is 0.463. The van der Waals surface area contributed by atoms with E-state index >= 15 is 0 Å². The largest absolute Gasteiger partial charge is 0.326 e. The van der Waals surface area contributed by atoms with Crippen LogP contribution in [0.1, 0.15) is 6.42 Å². The first-order valence-electron chi connectivity index (χ1n) is 5.22. The Morgan fingerprint density at radius 2 is 2.00 bits per heavy atom. The van der Waals surface area contributed by atoms with Gasteiger partial charge in [-0.05, 0) is 28.4 Å². The van der Waals surface area contributed by atoms with Gasteiger partial charge in [0.15, 0.2) is 0 Å². The highest BCUT2D eigenvalue weighted by molar-refractivity contribution is 9.10. The minimum atomic E-state index is -3.96. The molecule has 0 bridgehead atoms. The van der Waals surface area contributed by atoms with Gasteiger partial charge in [-0.25, -0.2) is 17.2 Å². The topological polar surface area (TPSA) is 63.4 Å². The molecule has 2 rings (SSSR count). The van der Waals surface area contributed by atoms with Crippen molar-refractivity contribution in [1.82, 2.24) is 4.31 Å². The fourth-order valence-electron chi connectivity index (χ4n) is 1.81. The third-order valence-corrected chi connectivity index (χ3v) is 5.27. The lowest BCUT2D eigenvalue weighted by Gasteiger charge is -2.16. The highest BCUT2D eigenvalue weighted by Gasteiger charge is 2.33. The molecule has 100 valence electrons. The molecule has 0 aliphatic carbocycles. The van der Waals surface area contributed by atoms with Crippen LogP contribution < -0.4 is 5.73 Å². The Morgan fingerprint density at radius 3 is 2.56 bits per heavy atom. The maximum absolute atomic E-state index is 13.6. The van der Waals surface area contributed by atoms with Crippen molar-refractivity contribution in [2.75, 3.05) is 13.1 Å². The number of nitrogens with two attached hydrogens (primary N) is 1. The quantitative estimate of drug-likeness (QED) is 0.829. The predicted octanol–water partition coefficient (Wildman–Crippen LogP) is 1.45. The molecular weight excluding hydrogens is 330 g/mol. The summed E-state index contributed by atoms with van der Waals surface area (Å²) in [5.41, 5.74) is 5.62. The maximum Gasteiger partial charge on any atom is 0.246 e. The van der Waals surface area contributed by atoms with E-state index in [9.17, 15) is 17.2 Å². The van der Waals surface area contributed by atoms with Crippen LogP contribution in [0.5, 0.6) is 0 Å². The first-order chi connectivity index (χ1) is 8.32. The lowest BCUT2D eigenvalue weighted by Crippen LogP contribution is -2.32. The summed E-state index contributed by atoms with van der Waals surface area (Å²) in [6.45, 7) is 0.398. The molecule has 1 heterocycles. The molecule has 1 aliphatic rings. The van der Waals surface area contributed by atoms with Gasteiger partial charge in [0, 0.05) is 25.2 Å². The molecule has 4 nitrogen and oxygen atoms in total. The number of hydrogen-bond donors (Lipinski definition) is 1. The SMILES string of the molecule is N[C@H]1CCN(S(=O)(=O)c2cc(Br)c(F)cc2F)C1. The van der Waals surface area contributed by atoms with Crippen LogP contribution in [0.4, 0.5) is 8.78 Å². The van der Waals surface area contributed by atoms with Gasteiger partial charge < -0.3 is 5.73 Å². The normalized spacial score (nSPS) is 21.4. The van der Waals surface area contributed by atoms with Crippen LogP contribution in [-0.4, -0.2) is 31.9 Å². The molecule has 0 amide bonds. The lowest BCUT2D eigenvalue weighted by atomic mass is 10.3. The van der Waals surface area contributed by atoms with E-state index in [1.165, 1.54) is 0 Å². The second-order valence-corrected chi connectivity index (χ2v) is 6.87. The molecule has 0 aromatic heterocycles. The van der Waals surface area contributed by atoms with Crippen LogP contribution in [0.3, 0.4) is 0 Å². The fourth-order valence-corrected chi connectivity index (χ4v) is 3.89. The van der Waals surface area contributed by atoms with Gasteiger partial charge in [0.2, 0.25) is 10.0 Å². The number of rotatable bonds is 2. The van der Waals surface area contributed by atoms with E-state index in [-0.39, 0.29) is 23.6 Å². The fraction of sp³-hybridized carbons (Fsp3) is 0.400. The molecular formula is C10H11BrF2N2O2S. The summed E-state index contributed by atoms with van der Waals surface area (Å²) in [6.07, 6.45) is 0.531. The zero-order valence-corrected chi connectivity index (χ0v) is 11.6. The van der Waals surface area contributed by atoms with Gasteiger partial charge >= 0.3 is 0 Å². The van der Waals surface area contributed by atoms with Crippen LogP contribution in [0.2, 0.25) is 0 Å². The standard InChI is InChI=1S/C10H11BrF2N2O2S/c11-7-3-10(9(13)4-8(7)12)18(16,17)15-2-1-6(14)5-15/h3-4,6H,1-2,5,14H2/t6-/m0/s1. The van der Waals surface area contributed by atoms with E-state index in [0.717, 1.165) is 10.4 Å². The molecule has 1 aromatic carbocycles.